The van der Waals surface area contributed by atoms with Crippen molar-refractivity contribution < 1.29 is 13.9 Å². The lowest BCUT2D eigenvalue weighted by Gasteiger charge is -2.09. The molecule has 0 atom stereocenters. The van der Waals surface area contributed by atoms with Crippen LogP contribution in [0.2, 0.25) is 0 Å². The van der Waals surface area contributed by atoms with Crippen molar-refractivity contribution in [3.63, 3.8) is 0 Å². The van der Waals surface area contributed by atoms with Crippen LogP contribution in [0.4, 0.5) is 5.69 Å². The van der Waals surface area contributed by atoms with Gasteiger partial charge in [-0.2, -0.15) is 0 Å². The van der Waals surface area contributed by atoms with E-state index in [2.05, 4.69) is 30.2 Å². The first-order chi connectivity index (χ1) is 11.5. The van der Waals surface area contributed by atoms with Gasteiger partial charge < -0.3 is 14.5 Å². The van der Waals surface area contributed by atoms with Gasteiger partial charge in [-0.15, -0.1) is 0 Å². The van der Waals surface area contributed by atoms with Crippen molar-refractivity contribution in [2.75, 3.05) is 12.4 Å². The van der Waals surface area contributed by atoms with E-state index in [1.807, 2.05) is 18.2 Å². The minimum atomic E-state index is -0.162. The highest BCUT2D eigenvalue weighted by Gasteiger charge is 2.13. The van der Waals surface area contributed by atoms with Gasteiger partial charge in [-0.3, -0.25) is 4.79 Å². The number of anilines is 1. The van der Waals surface area contributed by atoms with Crippen LogP contribution in [-0.2, 0) is 4.79 Å². The highest BCUT2D eigenvalue weighted by molar-refractivity contribution is 5.91. The minimum absolute atomic E-state index is 0.162. The largest absolute Gasteiger partial charge is 0.495 e. The first-order valence-corrected chi connectivity index (χ1v) is 7.84. The van der Waals surface area contributed by atoms with Gasteiger partial charge >= 0.3 is 0 Å². The Kier molecular flexibility index (Phi) is 4.25. The van der Waals surface area contributed by atoms with Gasteiger partial charge in [0, 0.05) is 12.5 Å². The van der Waals surface area contributed by atoms with Crippen LogP contribution < -0.4 is 10.1 Å². The normalized spacial score (nSPS) is 11.0. The molecule has 5 heteroatoms. The molecule has 0 spiro atoms. The molecule has 1 N–H and O–H groups in total. The van der Waals surface area contributed by atoms with Gasteiger partial charge in [0.15, 0.2) is 5.58 Å². The molecule has 0 saturated heterocycles. The van der Waals surface area contributed by atoms with Crippen molar-refractivity contribution in [2.45, 2.75) is 26.7 Å². The van der Waals surface area contributed by atoms with Crippen LogP contribution in [-0.4, -0.2) is 18.0 Å². The molecule has 0 bridgehead atoms. The second kappa shape index (κ2) is 6.35. The Morgan fingerprint density at radius 3 is 2.67 bits per heavy atom. The van der Waals surface area contributed by atoms with Crippen LogP contribution in [0, 0.1) is 0 Å². The molecule has 2 aromatic carbocycles. The Balaban J connectivity index is 2.04. The zero-order valence-corrected chi connectivity index (χ0v) is 14.2. The van der Waals surface area contributed by atoms with Gasteiger partial charge in [0.05, 0.1) is 12.8 Å². The summed E-state index contributed by atoms with van der Waals surface area (Å²) in [4.78, 5) is 15.9. The molecular weight excluding hydrogens is 304 g/mol. The average molecular weight is 324 g/mol. The maximum atomic E-state index is 11.4. The fourth-order valence-corrected chi connectivity index (χ4v) is 2.56. The number of benzene rings is 2. The van der Waals surface area contributed by atoms with Crippen LogP contribution >= 0.6 is 0 Å². The van der Waals surface area contributed by atoms with Crippen molar-refractivity contribution in [2.24, 2.45) is 0 Å². The number of nitrogens with one attached hydrogen (secondary N) is 1. The average Bonchev–Trinajstić information content (AvgIpc) is 2.97. The molecule has 0 aliphatic carbocycles. The molecule has 1 amide bonds. The third-order valence-corrected chi connectivity index (χ3v) is 3.84. The maximum absolute atomic E-state index is 11.4. The highest BCUT2D eigenvalue weighted by atomic mass is 16.5. The lowest BCUT2D eigenvalue weighted by Crippen LogP contribution is -2.07. The Bertz CT molecular complexity index is 897. The molecule has 1 heterocycles. The van der Waals surface area contributed by atoms with Gasteiger partial charge in [0.1, 0.15) is 11.3 Å². The molecule has 0 unspecified atom stereocenters. The Morgan fingerprint density at radius 1 is 1.21 bits per heavy atom. The molecule has 0 fully saturated rings. The van der Waals surface area contributed by atoms with Crippen molar-refractivity contribution in [1.29, 1.82) is 0 Å². The van der Waals surface area contributed by atoms with Crippen LogP contribution in [0.25, 0.3) is 22.6 Å². The van der Waals surface area contributed by atoms with Gasteiger partial charge in [-0.05, 0) is 41.8 Å². The molecule has 0 radical (unpaired) electrons. The Labute approximate surface area is 140 Å². The van der Waals surface area contributed by atoms with E-state index in [1.165, 1.54) is 12.5 Å². The Hall–Kier alpha value is -2.82. The lowest BCUT2D eigenvalue weighted by atomic mass is 10.0. The number of amides is 1. The SMILES string of the molecule is COc1ccc(-c2nc3cc(C(C)C)ccc3o2)cc1NC(C)=O. The van der Waals surface area contributed by atoms with Gasteiger partial charge in [-0.1, -0.05) is 19.9 Å². The number of carbonyl (C=O) groups excluding carboxylic acids is 1. The molecule has 124 valence electrons. The summed E-state index contributed by atoms with van der Waals surface area (Å²) >= 11 is 0. The second-order valence-corrected chi connectivity index (χ2v) is 6.00. The minimum Gasteiger partial charge on any atom is -0.495 e. The molecule has 0 aliphatic rings. The van der Waals surface area contributed by atoms with Gasteiger partial charge in [0.2, 0.25) is 11.8 Å². The predicted octanol–water partition coefficient (Wildman–Crippen LogP) is 4.59. The number of aromatic nitrogens is 1. The molecule has 1 aromatic heterocycles. The number of rotatable bonds is 4. The number of hydrogen-bond acceptors (Lipinski definition) is 4. The van der Waals surface area contributed by atoms with Crippen LogP contribution in [0.15, 0.2) is 40.8 Å². The number of carbonyl (C=O) groups is 1. The van der Waals surface area contributed by atoms with E-state index in [1.54, 1.807) is 19.2 Å². The number of hydrogen-bond donors (Lipinski definition) is 1. The summed E-state index contributed by atoms with van der Waals surface area (Å²) in [5.41, 5.74) is 4.16. The Morgan fingerprint density at radius 2 is 2.00 bits per heavy atom. The zero-order chi connectivity index (χ0) is 17.3. The van der Waals surface area contributed by atoms with E-state index >= 15 is 0 Å². The van der Waals surface area contributed by atoms with E-state index in [9.17, 15) is 4.79 Å². The summed E-state index contributed by atoms with van der Waals surface area (Å²) < 4.78 is 11.1. The standard InChI is InChI=1S/C19H20N2O3/c1-11(2)13-5-8-18-16(9-13)21-19(24-18)14-6-7-17(23-4)15(10-14)20-12(3)22/h5-11H,1-4H3,(H,20,22). The molecule has 0 saturated carbocycles. The van der Waals surface area contributed by atoms with Gasteiger partial charge in [0.25, 0.3) is 0 Å². The van der Waals surface area contributed by atoms with Crippen molar-refractivity contribution in [3.05, 3.63) is 42.0 Å². The first-order valence-electron chi connectivity index (χ1n) is 7.84. The van der Waals surface area contributed by atoms with Crippen molar-refractivity contribution in [3.8, 4) is 17.2 Å². The van der Waals surface area contributed by atoms with Crippen LogP contribution in [0.3, 0.4) is 0 Å². The smallest absolute Gasteiger partial charge is 0.227 e. The predicted molar refractivity (Wildman–Crippen MR) is 94.4 cm³/mol. The van der Waals surface area contributed by atoms with Crippen molar-refractivity contribution in [1.82, 2.24) is 4.98 Å². The monoisotopic (exact) mass is 324 g/mol. The summed E-state index contributed by atoms with van der Waals surface area (Å²) in [5, 5.41) is 2.76. The number of nitrogens with zero attached hydrogens (tertiary/aromatic N) is 1. The number of methoxy groups -OCH3 is 1. The second-order valence-electron chi connectivity index (χ2n) is 6.00. The van der Waals surface area contributed by atoms with E-state index in [4.69, 9.17) is 9.15 Å². The van der Waals surface area contributed by atoms with E-state index in [0.717, 1.165) is 16.7 Å². The zero-order valence-electron chi connectivity index (χ0n) is 14.2. The van der Waals surface area contributed by atoms with E-state index in [0.29, 0.717) is 23.2 Å². The summed E-state index contributed by atoms with van der Waals surface area (Å²) in [6.07, 6.45) is 0. The molecule has 0 aliphatic heterocycles. The van der Waals surface area contributed by atoms with Crippen molar-refractivity contribution >= 4 is 22.7 Å². The molecule has 3 aromatic rings. The first kappa shape index (κ1) is 16.1. The highest BCUT2D eigenvalue weighted by Crippen LogP contribution is 2.32. The number of fused-ring (bicyclic) bond motifs is 1. The summed E-state index contributed by atoms with van der Waals surface area (Å²) in [6, 6.07) is 11.5. The fourth-order valence-electron chi connectivity index (χ4n) is 2.56. The van der Waals surface area contributed by atoms with Crippen LogP contribution in [0.5, 0.6) is 5.75 Å². The molecular formula is C19H20N2O3. The maximum Gasteiger partial charge on any atom is 0.227 e. The molecule has 5 nitrogen and oxygen atoms in total. The molecule has 24 heavy (non-hydrogen) atoms. The van der Waals surface area contributed by atoms with E-state index in [-0.39, 0.29) is 5.91 Å². The fraction of sp³-hybridized carbons (Fsp3) is 0.263. The number of oxazole rings is 1. The molecule has 3 rings (SSSR count). The third-order valence-electron chi connectivity index (χ3n) is 3.84. The van der Waals surface area contributed by atoms with Gasteiger partial charge in [-0.25, -0.2) is 4.98 Å². The lowest BCUT2D eigenvalue weighted by molar-refractivity contribution is -0.114. The number of ether oxygens (including phenoxy) is 1. The third kappa shape index (κ3) is 3.11. The summed E-state index contributed by atoms with van der Waals surface area (Å²) in [7, 11) is 1.56. The summed E-state index contributed by atoms with van der Waals surface area (Å²) in [5.74, 6) is 1.37. The van der Waals surface area contributed by atoms with E-state index < -0.39 is 0 Å². The van der Waals surface area contributed by atoms with Crippen LogP contribution in [0.1, 0.15) is 32.3 Å². The topological polar surface area (TPSA) is 64.4 Å². The quantitative estimate of drug-likeness (QED) is 0.762. The summed E-state index contributed by atoms with van der Waals surface area (Å²) in [6.45, 7) is 5.75.